The Balaban J connectivity index is 2.43. The Kier molecular flexibility index (Phi) is 7.29. The van der Waals surface area contributed by atoms with Gasteiger partial charge in [-0.15, -0.1) is 0 Å². The Morgan fingerprint density at radius 1 is 1.29 bits per heavy atom. The van der Waals surface area contributed by atoms with Crippen LogP contribution in [0.2, 0.25) is 0 Å². The average Bonchev–Trinajstić information content (AvgIpc) is 2.63. The van der Waals surface area contributed by atoms with E-state index >= 15 is 0 Å². The van der Waals surface area contributed by atoms with E-state index in [0.717, 1.165) is 6.07 Å². The molecular weight excluding hydrogens is 396 g/mol. The summed E-state index contributed by atoms with van der Waals surface area (Å²) in [6.45, 7) is 1.07. The molecule has 2 rings (SSSR count). The van der Waals surface area contributed by atoms with Gasteiger partial charge in [-0.05, 0) is 36.2 Å². The van der Waals surface area contributed by atoms with Gasteiger partial charge < -0.3 is 10.0 Å². The minimum atomic E-state index is -3.20. The zero-order chi connectivity index (χ0) is 20.8. The molecule has 2 aromatic rings. The number of anilines is 1. The van der Waals surface area contributed by atoms with Crippen LogP contribution < -0.4 is 4.90 Å². The van der Waals surface area contributed by atoms with Gasteiger partial charge in [-0.25, -0.2) is 22.4 Å². The lowest BCUT2D eigenvalue weighted by Gasteiger charge is -2.24. The van der Waals surface area contributed by atoms with Crippen LogP contribution in [0, 0.1) is 24.1 Å². The van der Waals surface area contributed by atoms with Crippen LogP contribution >= 0.6 is 11.8 Å². The highest BCUT2D eigenvalue weighted by Crippen LogP contribution is 2.35. The molecule has 0 aromatic heterocycles. The fourth-order valence-electron chi connectivity index (χ4n) is 2.57. The average molecular weight is 412 g/mol. The number of hydrogen-bond acceptors (Lipinski definition) is 4. The topological polar surface area (TPSA) is 64.3 Å². The third-order valence-corrected chi connectivity index (χ3v) is 5.02. The molecule has 0 heterocycles. The number of nitrogens with zero attached hydrogens (tertiary/aromatic N) is 2. The minimum Gasteiger partial charge on any atom is -0.478 e. The first-order valence-electron chi connectivity index (χ1n) is 8.06. The number of carboxylic acids is 1. The fraction of sp³-hybridized carbons (Fsp3) is 0.263. The minimum absolute atomic E-state index is 0.00548. The van der Waals surface area contributed by atoms with E-state index in [1.54, 1.807) is 6.07 Å². The molecule has 0 amide bonds. The van der Waals surface area contributed by atoms with Crippen LogP contribution in [0.5, 0.6) is 0 Å². The van der Waals surface area contributed by atoms with Crippen molar-refractivity contribution in [3.05, 3.63) is 58.9 Å². The van der Waals surface area contributed by atoms with Crippen molar-refractivity contribution in [2.75, 3.05) is 11.4 Å². The second-order valence-corrected chi connectivity index (χ2v) is 6.97. The maximum atomic E-state index is 14.5. The highest BCUT2D eigenvalue weighted by atomic mass is 32.2. The number of nitriles is 1. The lowest BCUT2D eigenvalue weighted by Crippen LogP contribution is -2.25. The molecule has 0 aliphatic heterocycles. The van der Waals surface area contributed by atoms with Gasteiger partial charge in [0.2, 0.25) is 5.50 Å². The summed E-state index contributed by atoms with van der Waals surface area (Å²) in [4.78, 5) is 12.8. The quantitative estimate of drug-likeness (QED) is 0.375. The van der Waals surface area contributed by atoms with Gasteiger partial charge in [0.25, 0.3) is 6.43 Å². The molecular formula is C19H16F4N2O2S. The van der Waals surface area contributed by atoms with Gasteiger partial charge in [-0.1, -0.05) is 30.0 Å². The van der Waals surface area contributed by atoms with Crippen LogP contribution in [0.3, 0.4) is 0 Å². The van der Waals surface area contributed by atoms with Crippen LogP contribution in [-0.2, 0) is 6.54 Å². The van der Waals surface area contributed by atoms with E-state index in [9.17, 15) is 27.5 Å². The predicted molar refractivity (Wildman–Crippen MR) is 98.0 cm³/mol. The second kappa shape index (κ2) is 9.46. The smallest absolute Gasteiger partial charge is 0.336 e. The zero-order valence-corrected chi connectivity index (χ0v) is 15.5. The summed E-state index contributed by atoms with van der Waals surface area (Å²) in [5.41, 5.74) is -1.97. The number of carboxylic acid groups (broad SMARTS) is 1. The first-order valence-corrected chi connectivity index (χ1v) is 8.94. The molecule has 0 fully saturated rings. The molecule has 0 saturated heterocycles. The van der Waals surface area contributed by atoms with Crippen molar-refractivity contribution in [1.29, 1.82) is 5.26 Å². The molecule has 1 unspecified atom stereocenters. The standard InChI is InChI=1S/C19H16F4N2O2S/c1-11-8-14(20)15(9-16(11)28-18(23)17(21)22)25(7-6-24)10-12-4-2-3-5-13(12)19(26)27/h2-5,8-9,17-18H,7,10H2,1H3,(H,26,27). The molecule has 1 atom stereocenters. The van der Waals surface area contributed by atoms with Crippen molar-refractivity contribution in [3.63, 3.8) is 0 Å². The summed E-state index contributed by atoms with van der Waals surface area (Å²) in [6.07, 6.45) is -3.20. The number of hydrogen-bond donors (Lipinski definition) is 1. The molecule has 4 nitrogen and oxygen atoms in total. The molecule has 1 N–H and O–H groups in total. The number of aromatic carboxylic acids is 1. The van der Waals surface area contributed by atoms with Crippen molar-refractivity contribution in [3.8, 4) is 6.07 Å². The number of aryl methyl sites for hydroxylation is 1. The molecule has 2 aromatic carbocycles. The lowest BCUT2D eigenvalue weighted by molar-refractivity contribution is 0.0695. The molecule has 9 heteroatoms. The first-order chi connectivity index (χ1) is 13.2. The van der Waals surface area contributed by atoms with Crippen molar-refractivity contribution >= 4 is 23.4 Å². The second-order valence-electron chi connectivity index (χ2n) is 5.85. The van der Waals surface area contributed by atoms with Gasteiger partial charge in [-0.3, -0.25) is 0 Å². The number of rotatable bonds is 8. The van der Waals surface area contributed by atoms with Crippen molar-refractivity contribution in [2.24, 2.45) is 0 Å². The summed E-state index contributed by atoms with van der Waals surface area (Å²) in [7, 11) is 0. The van der Waals surface area contributed by atoms with Gasteiger partial charge in [0.15, 0.2) is 0 Å². The van der Waals surface area contributed by atoms with E-state index in [4.69, 9.17) is 5.26 Å². The largest absolute Gasteiger partial charge is 0.478 e. The number of halogens is 4. The fourth-order valence-corrected chi connectivity index (χ4v) is 3.34. The number of thioether (sulfide) groups is 1. The van der Waals surface area contributed by atoms with Gasteiger partial charge in [-0.2, -0.15) is 5.26 Å². The summed E-state index contributed by atoms with van der Waals surface area (Å²) >= 11 is 0.264. The molecule has 148 valence electrons. The van der Waals surface area contributed by atoms with E-state index in [1.807, 2.05) is 6.07 Å². The highest BCUT2D eigenvalue weighted by molar-refractivity contribution is 7.99. The van der Waals surface area contributed by atoms with Crippen molar-refractivity contribution in [1.82, 2.24) is 0 Å². The van der Waals surface area contributed by atoms with Gasteiger partial charge in [0.1, 0.15) is 12.4 Å². The van der Waals surface area contributed by atoms with Crippen LogP contribution in [0.1, 0.15) is 21.5 Å². The molecule has 28 heavy (non-hydrogen) atoms. The van der Waals surface area contributed by atoms with Crippen molar-refractivity contribution in [2.45, 2.75) is 30.3 Å². The summed E-state index contributed by atoms with van der Waals surface area (Å²) < 4.78 is 53.1. The molecule has 0 aliphatic carbocycles. The van der Waals surface area contributed by atoms with E-state index in [0.29, 0.717) is 5.56 Å². The third kappa shape index (κ3) is 5.16. The van der Waals surface area contributed by atoms with Gasteiger partial charge >= 0.3 is 5.97 Å². The molecule has 0 saturated carbocycles. The van der Waals surface area contributed by atoms with Crippen LogP contribution in [0.25, 0.3) is 0 Å². The Hall–Kier alpha value is -2.73. The van der Waals surface area contributed by atoms with Gasteiger partial charge in [0, 0.05) is 11.4 Å². The zero-order valence-electron chi connectivity index (χ0n) is 14.7. The van der Waals surface area contributed by atoms with E-state index in [1.165, 1.54) is 36.1 Å². The third-order valence-electron chi connectivity index (χ3n) is 3.89. The first kappa shape index (κ1) is 21.6. The summed E-state index contributed by atoms with van der Waals surface area (Å²) in [6, 6.07) is 10.2. The van der Waals surface area contributed by atoms with Gasteiger partial charge in [0.05, 0.1) is 17.3 Å². The Morgan fingerprint density at radius 3 is 2.57 bits per heavy atom. The lowest BCUT2D eigenvalue weighted by atomic mass is 10.1. The Morgan fingerprint density at radius 2 is 1.96 bits per heavy atom. The predicted octanol–water partition coefficient (Wildman–Crippen LogP) is 5.02. The monoisotopic (exact) mass is 412 g/mol. The molecule has 0 bridgehead atoms. The number of alkyl halides is 3. The number of benzene rings is 2. The van der Waals surface area contributed by atoms with Crippen LogP contribution in [-0.4, -0.2) is 29.5 Å². The van der Waals surface area contributed by atoms with E-state index in [-0.39, 0.29) is 46.6 Å². The van der Waals surface area contributed by atoms with Crippen LogP contribution in [0.4, 0.5) is 23.2 Å². The number of carbonyl (C=O) groups is 1. The molecule has 0 spiro atoms. The highest BCUT2D eigenvalue weighted by Gasteiger charge is 2.23. The summed E-state index contributed by atoms with van der Waals surface area (Å²) in [5.74, 6) is -1.90. The van der Waals surface area contributed by atoms with Crippen molar-refractivity contribution < 1.29 is 27.5 Å². The van der Waals surface area contributed by atoms with E-state index in [2.05, 4.69) is 0 Å². The Labute approximate surface area is 163 Å². The van der Waals surface area contributed by atoms with E-state index < -0.39 is 23.7 Å². The molecule has 0 aliphatic rings. The Bertz CT molecular complexity index is 902. The SMILES string of the molecule is Cc1cc(F)c(N(CC#N)Cc2ccccc2C(=O)O)cc1SC(F)C(F)F. The maximum absolute atomic E-state index is 14.5. The maximum Gasteiger partial charge on any atom is 0.336 e. The normalized spacial score (nSPS) is 11.9. The molecule has 0 radical (unpaired) electrons. The summed E-state index contributed by atoms with van der Waals surface area (Å²) in [5, 5.41) is 18.4. The van der Waals surface area contributed by atoms with Crippen LogP contribution in [0.15, 0.2) is 41.3 Å².